The van der Waals surface area contributed by atoms with Crippen LogP contribution in [0, 0.1) is 0 Å². The van der Waals surface area contributed by atoms with Gasteiger partial charge in [-0.3, -0.25) is 9.10 Å². The second kappa shape index (κ2) is 9.89. The lowest BCUT2D eigenvalue weighted by atomic mass is 10.2. The minimum absolute atomic E-state index is 0.210. The van der Waals surface area contributed by atoms with E-state index in [1.54, 1.807) is 72.4 Å². The van der Waals surface area contributed by atoms with Crippen LogP contribution in [0.15, 0.2) is 82.6 Å². The van der Waals surface area contributed by atoms with Crippen molar-refractivity contribution in [1.82, 2.24) is 0 Å². The number of sulfonamides is 1. The molecule has 6 nitrogen and oxygen atoms in total. The molecule has 162 valence electrons. The van der Waals surface area contributed by atoms with Crippen LogP contribution >= 0.6 is 11.8 Å². The number of benzene rings is 3. The van der Waals surface area contributed by atoms with Crippen molar-refractivity contribution in [2.45, 2.75) is 16.7 Å². The van der Waals surface area contributed by atoms with Gasteiger partial charge in [-0.25, -0.2) is 8.42 Å². The summed E-state index contributed by atoms with van der Waals surface area (Å²) in [7, 11) is -2.21. The number of hydrogen-bond acceptors (Lipinski definition) is 5. The van der Waals surface area contributed by atoms with Crippen molar-refractivity contribution >= 4 is 39.1 Å². The number of carbonyl (C=O) groups is 1. The number of ether oxygens (including phenoxy) is 1. The van der Waals surface area contributed by atoms with Crippen LogP contribution < -0.4 is 14.4 Å². The molecule has 8 heteroatoms. The molecule has 0 fully saturated rings. The topological polar surface area (TPSA) is 75.7 Å². The predicted octanol–water partition coefficient (Wildman–Crippen LogP) is 4.88. The number of nitrogens with one attached hydrogen (secondary N) is 1. The molecule has 3 aromatic carbocycles. The average molecular weight is 457 g/mol. The summed E-state index contributed by atoms with van der Waals surface area (Å²) in [5.74, 6) is 0.283. The van der Waals surface area contributed by atoms with Crippen molar-refractivity contribution < 1.29 is 17.9 Å². The molecular formula is C23H24N2O4S2. The van der Waals surface area contributed by atoms with Crippen molar-refractivity contribution in [2.75, 3.05) is 29.5 Å². The Bertz CT molecular complexity index is 1140. The molecule has 0 atom stereocenters. The fourth-order valence-corrected chi connectivity index (χ4v) is 4.52. The number of para-hydroxylation sites is 2. The van der Waals surface area contributed by atoms with E-state index < -0.39 is 10.0 Å². The molecule has 0 heterocycles. The first kappa shape index (κ1) is 22.7. The van der Waals surface area contributed by atoms with Crippen molar-refractivity contribution in [3.63, 3.8) is 0 Å². The Kier molecular flexibility index (Phi) is 7.25. The van der Waals surface area contributed by atoms with Crippen LogP contribution in [0.5, 0.6) is 5.75 Å². The Morgan fingerprint density at radius 2 is 1.65 bits per heavy atom. The summed E-state index contributed by atoms with van der Waals surface area (Å²) in [6.07, 6.45) is 1.93. The van der Waals surface area contributed by atoms with Crippen LogP contribution in [-0.4, -0.2) is 34.2 Å². The quantitative estimate of drug-likeness (QED) is 0.489. The number of carbonyl (C=O) groups excluding carboxylic acids is 1. The van der Waals surface area contributed by atoms with Gasteiger partial charge in [0, 0.05) is 17.5 Å². The van der Waals surface area contributed by atoms with E-state index >= 15 is 0 Å². The van der Waals surface area contributed by atoms with Gasteiger partial charge in [0.25, 0.3) is 15.9 Å². The number of hydrogen-bond donors (Lipinski definition) is 1. The van der Waals surface area contributed by atoms with Crippen molar-refractivity contribution in [3.8, 4) is 5.75 Å². The molecule has 0 aliphatic rings. The fraction of sp³-hybridized carbons (Fsp3) is 0.174. The summed E-state index contributed by atoms with van der Waals surface area (Å²) < 4.78 is 32.6. The molecule has 3 aromatic rings. The fourth-order valence-electron chi connectivity index (χ4n) is 2.91. The SMILES string of the molecule is CCOc1ccccc1NC(=O)c1ccc(N(C)S(=O)(=O)c2ccc(SC)cc2)cc1. The number of amides is 1. The van der Waals surface area contributed by atoms with Crippen molar-refractivity contribution in [3.05, 3.63) is 78.4 Å². The molecular weight excluding hydrogens is 432 g/mol. The van der Waals surface area contributed by atoms with E-state index in [-0.39, 0.29) is 10.8 Å². The van der Waals surface area contributed by atoms with Crippen LogP contribution in [0.3, 0.4) is 0 Å². The van der Waals surface area contributed by atoms with E-state index in [9.17, 15) is 13.2 Å². The minimum atomic E-state index is -3.70. The third-order valence-electron chi connectivity index (χ3n) is 4.65. The molecule has 0 aliphatic heterocycles. The van der Waals surface area contributed by atoms with Gasteiger partial charge in [-0.15, -0.1) is 11.8 Å². The third-order valence-corrected chi connectivity index (χ3v) is 7.19. The third kappa shape index (κ3) is 5.21. The highest BCUT2D eigenvalue weighted by atomic mass is 32.2. The Morgan fingerprint density at radius 1 is 1.00 bits per heavy atom. The first-order chi connectivity index (χ1) is 14.9. The first-order valence-corrected chi connectivity index (χ1v) is 12.3. The summed E-state index contributed by atoms with van der Waals surface area (Å²) in [5, 5.41) is 2.83. The summed E-state index contributed by atoms with van der Waals surface area (Å²) in [5.41, 5.74) is 1.44. The maximum Gasteiger partial charge on any atom is 0.264 e. The first-order valence-electron chi connectivity index (χ1n) is 9.63. The Labute approximate surface area is 187 Å². The lowest BCUT2D eigenvalue weighted by molar-refractivity contribution is 0.102. The van der Waals surface area contributed by atoms with Gasteiger partial charge < -0.3 is 10.1 Å². The lowest BCUT2D eigenvalue weighted by Crippen LogP contribution is -2.26. The summed E-state index contributed by atoms with van der Waals surface area (Å²) in [6.45, 7) is 2.36. The molecule has 0 saturated heterocycles. The van der Waals surface area contributed by atoms with Crippen LogP contribution in [0.25, 0.3) is 0 Å². The summed E-state index contributed by atoms with van der Waals surface area (Å²) in [4.78, 5) is 13.8. The Hall–Kier alpha value is -2.97. The zero-order valence-electron chi connectivity index (χ0n) is 17.5. The average Bonchev–Trinajstić information content (AvgIpc) is 2.80. The zero-order valence-corrected chi connectivity index (χ0v) is 19.2. The van der Waals surface area contributed by atoms with Crippen molar-refractivity contribution in [2.24, 2.45) is 0 Å². The number of rotatable bonds is 8. The summed E-state index contributed by atoms with van der Waals surface area (Å²) >= 11 is 1.55. The van der Waals surface area contributed by atoms with Crippen molar-refractivity contribution in [1.29, 1.82) is 0 Å². The van der Waals surface area contributed by atoms with E-state index in [0.717, 1.165) is 4.90 Å². The van der Waals surface area contributed by atoms with Gasteiger partial charge in [-0.2, -0.15) is 0 Å². The molecule has 1 amide bonds. The van der Waals surface area contributed by atoms with E-state index in [4.69, 9.17) is 4.74 Å². The molecule has 0 spiro atoms. The highest BCUT2D eigenvalue weighted by Gasteiger charge is 2.21. The smallest absolute Gasteiger partial charge is 0.264 e. The molecule has 1 N–H and O–H groups in total. The Balaban J connectivity index is 1.76. The molecule has 0 bridgehead atoms. The van der Waals surface area contributed by atoms with Crippen LogP contribution in [0.4, 0.5) is 11.4 Å². The maximum absolute atomic E-state index is 12.9. The summed E-state index contributed by atoms with van der Waals surface area (Å²) in [6, 6.07) is 20.3. The van der Waals surface area contributed by atoms with E-state index in [2.05, 4.69) is 5.32 Å². The molecule has 0 aromatic heterocycles. The number of anilines is 2. The van der Waals surface area contributed by atoms with E-state index in [1.165, 1.54) is 11.4 Å². The van der Waals surface area contributed by atoms with E-state index in [0.29, 0.717) is 29.3 Å². The Morgan fingerprint density at radius 3 is 2.26 bits per heavy atom. The predicted molar refractivity (Wildman–Crippen MR) is 126 cm³/mol. The standard InChI is InChI=1S/C23H24N2O4S2/c1-4-29-22-8-6-5-7-21(22)24-23(26)17-9-11-18(12-10-17)25(2)31(27,28)20-15-13-19(30-3)14-16-20/h5-16H,4H2,1-3H3,(H,24,26). The number of nitrogens with zero attached hydrogens (tertiary/aromatic N) is 1. The van der Waals surface area contributed by atoms with Crippen LogP contribution in [0.1, 0.15) is 17.3 Å². The van der Waals surface area contributed by atoms with Gasteiger partial charge in [0.1, 0.15) is 5.75 Å². The van der Waals surface area contributed by atoms with Gasteiger partial charge in [-0.05, 0) is 73.8 Å². The second-order valence-corrected chi connectivity index (χ2v) is 9.43. The minimum Gasteiger partial charge on any atom is -0.492 e. The molecule has 0 unspecified atom stereocenters. The molecule has 0 radical (unpaired) electrons. The molecule has 0 aliphatic carbocycles. The number of thioether (sulfide) groups is 1. The highest BCUT2D eigenvalue weighted by Crippen LogP contribution is 2.26. The van der Waals surface area contributed by atoms with Crippen LogP contribution in [0.2, 0.25) is 0 Å². The van der Waals surface area contributed by atoms with Gasteiger partial charge >= 0.3 is 0 Å². The lowest BCUT2D eigenvalue weighted by Gasteiger charge is -2.20. The normalized spacial score (nSPS) is 11.1. The second-order valence-electron chi connectivity index (χ2n) is 6.58. The zero-order chi connectivity index (χ0) is 22.4. The molecule has 31 heavy (non-hydrogen) atoms. The van der Waals surface area contributed by atoms with Crippen LogP contribution in [-0.2, 0) is 10.0 Å². The van der Waals surface area contributed by atoms with Gasteiger partial charge in [0.15, 0.2) is 0 Å². The van der Waals surface area contributed by atoms with Gasteiger partial charge in [0.05, 0.1) is 22.9 Å². The maximum atomic E-state index is 12.9. The monoisotopic (exact) mass is 456 g/mol. The van der Waals surface area contributed by atoms with Gasteiger partial charge in [0.2, 0.25) is 0 Å². The largest absolute Gasteiger partial charge is 0.492 e. The molecule has 3 rings (SSSR count). The van der Waals surface area contributed by atoms with E-state index in [1.807, 2.05) is 25.3 Å². The highest BCUT2D eigenvalue weighted by molar-refractivity contribution is 7.98. The van der Waals surface area contributed by atoms with Gasteiger partial charge in [-0.1, -0.05) is 12.1 Å². The molecule has 0 saturated carbocycles.